The van der Waals surface area contributed by atoms with Gasteiger partial charge in [-0.3, -0.25) is 4.79 Å². The predicted molar refractivity (Wildman–Crippen MR) is 84.1 cm³/mol. The number of hydrogen-bond acceptors (Lipinski definition) is 3. The molecule has 0 bridgehead atoms. The summed E-state index contributed by atoms with van der Waals surface area (Å²) < 4.78 is 1.07. The van der Waals surface area contributed by atoms with E-state index < -0.39 is 0 Å². The van der Waals surface area contributed by atoms with Crippen LogP contribution in [0.5, 0.6) is 0 Å². The van der Waals surface area contributed by atoms with Gasteiger partial charge in [-0.1, -0.05) is 41.4 Å². The van der Waals surface area contributed by atoms with Gasteiger partial charge in [-0.15, -0.1) is 0 Å². The van der Waals surface area contributed by atoms with Crippen LogP contribution in [0.15, 0.2) is 28.7 Å². The Balaban J connectivity index is 1.91. The fourth-order valence-corrected chi connectivity index (χ4v) is 2.67. The fraction of sp³-hybridized carbons (Fsp3) is 0.533. The summed E-state index contributed by atoms with van der Waals surface area (Å²) in [5.74, 6) is 0.172. The molecule has 4 nitrogen and oxygen atoms in total. The largest absolute Gasteiger partial charge is 0.344 e. The summed E-state index contributed by atoms with van der Waals surface area (Å²) in [7, 11) is 1.88. The van der Waals surface area contributed by atoms with E-state index in [1.54, 1.807) is 0 Å². The topological polar surface area (TPSA) is 44.4 Å². The molecule has 110 valence electrons. The van der Waals surface area contributed by atoms with Gasteiger partial charge in [0.25, 0.3) is 0 Å². The lowest BCUT2D eigenvalue weighted by Crippen LogP contribution is -2.44. The van der Waals surface area contributed by atoms with Crippen LogP contribution in [0.3, 0.4) is 0 Å². The Morgan fingerprint density at radius 1 is 1.35 bits per heavy atom. The normalized spacial score (nSPS) is 21.9. The SMILES string of the molecule is CCCCN(C)C(=O)C1CC(c2ccc(Br)cc2)NN1. The Morgan fingerprint density at radius 3 is 2.70 bits per heavy atom. The molecule has 2 unspecified atom stereocenters. The molecule has 2 N–H and O–H groups in total. The van der Waals surface area contributed by atoms with Crippen molar-refractivity contribution < 1.29 is 4.79 Å². The number of carbonyl (C=O) groups excluding carboxylic acids is 1. The highest BCUT2D eigenvalue weighted by atomic mass is 79.9. The van der Waals surface area contributed by atoms with Crippen molar-refractivity contribution in [1.82, 2.24) is 15.8 Å². The van der Waals surface area contributed by atoms with E-state index in [1.165, 1.54) is 5.56 Å². The molecule has 1 fully saturated rings. The van der Waals surface area contributed by atoms with Crippen LogP contribution < -0.4 is 10.9 Å². The van der Waals surface area contributed by atoms with Gasteiger partial charge in [0, 0.05) is 24.1 Å². The number of carbonyl (C=O) groups is 1. The first kappa shape index (κ1) is 15.5. The molecule has 0 aromatic heterocycles. The van der Waals surface area contributed by atoms with Crippen LogP contribution in [0.1, 0.15) is 37.8 Å². The molecule has 0 saturated carbocycles. The smallest absolute Gasteiger partial charge is 0.240 e. The van der Waals surface area contributed by atoms with Gasteiger partial charge in [0.05, 0.1) is 0 Å². The van der Waals surface area contributed by atoms with Gasteiger partial charge in [-0.25, -0.2) is 10.9 Å². The number of halogens is 1. The molecule has 0 radical (unpaired) electrons. The fourth-order valence-electron chi connectivity index (χ4n) is 2.40. The highest BCUT2D eigenvalue weighted by molar-refractivity contribution is 9.10. The van der Waals surface area contributed by atoms with Crippen LogP contribution in [0.4, 0.5) is 0 Å². The maximum Gasteiger partial charge on any atom is 0.240 e. The zero-order valence-corrected chi connectivity index (χ0v) is 13.6. The Kier molecular flexibility index (Phi) is 5.57. The molecule has 20 heavy (non-hydrogen) atoms. The number of amides is 1. The molecule has 1 aliphatic heterocycles. The first-order valence-electron chi connectivity index (χ1n) is 7.13. The monoisotopic (exact) mass is 339 g/mol. The third kappa shape index (κ3) is 3.81. The van der Waals surface area contributed by atoms with E-state index in [9.17, 15) is 4.79 Å². The first-order chi connectivity index (χ1) is 9.61. The average Bonchev–Trinajstić information content (AvgIpc) is 2.94. The van der Waals surface area contributed by atoms with E-state index >= 15 is 0 Å². The number of rotatable bonds is 5. The van der Waals surface area contributed by atoms with E-state index in [1.807, 2.05) is 24.1 Å². The zero-order chi connectivity index (χ0) is 14.5. The average molecular weight is 340 g/mol. The minimum atomic E-state index is -0.134. The van der Waals surface area contributed by atoms with Crippen molar-refractivity contribution in [3.8, 4) is 0 Å². The summed E-state index contributed by atoms with van der Waals surface area (Å²) >= 11 is 3.44. The maximum absolute atomic E-state index is 12.3. The van der Waals surface area contributed by atoms with Crippen molar-refractivity contribution in [3.05, 3.63) is 34.3 Å². The summed E-state index contributed by atoms with van der Waals surface area (Å²) in [6.07, 6.45) is 2.95. The molecule has 2 rings (SSSR count). The van der Waals surface area contributed by atoms with Crippen LogP contribution in [0, 0.1) is 0 Å². The van der Waals surface area contributed by atoms with E-state index in [0.29, 0.717) is 0 Å². The van der Waals surface area contributed by atoms with Crippen LogP contribution in [-0.2, 0) is 4.79 Å². The molecule has 1 aromatic rings. The molecular weight excluding hydrogens is 318 g/mol. The molecule has 1 amide bonds. The van der Waals surface area contributed by atoms with Crippen molar-refractivity contribution >= 4 is 21.8 Å². The van der Waals surface area contributed by atoms with Crippen molar-refractivity contribution in [2.45, 2.75) is 38.3 Å². The number of benzene rings is 1. The number of unbranched alkanes of at least 4 members (excludes halogenated alkanes) is 1. The van der Waals surface area contributed by atoms with E-state index in [-0.39, 0.29) is 18.0 Å². The van der Waals surface area contributed by atoms with E-state index in [4.69, 9.17) is 0 Å². The third-order valence-corrected chi connectivity index (χ3v) is 4.23. The lowest BCUT2D eigenvalue weighted by atomic mass is 10.0. The van der Waals surface area contributed by atoms with Gasteiger partial charge in [-0.05, 0) is 30.5 Å². The highest BCUT2D eigenvalue weighted by Crippen LogP contribution is 2.24. The number of nitrogens with zero attached hydrogens (tertiary/aromatic N) is 1. The van der Waals surface area contributed by atoms with Crippen molar-refractivity contribution in [2.75, 3.05) is 13.6 Å². The molecule has 1 aliphatic rings. The Labute approximate surface area is 129 Å². The Bertz CT molecular complexity index is 449. The summed E-state index contributed by atoms with van der Waals surface area (Å²) in [4.78, 5) is 14.1. The number of likely N-dealkylation sites (N-methyl/N-ethyl adjacent to an activating group) is 1. The van der Waals surface area contributed by atoms with Crippen molar-refractivity contribution in [2.24, 2.45) is 0 Å². The van der Waals surface area contributed by atoms with Crippen molar-refractivity contribution in [1.29, 1.82) is 0 Å². The molecular formula is C15H22BrN3O. The summed E-state index contributed by atoms with van der Waals surface area (Å²) in [5, 5.41) is 0. The van der Waals surface area contributed by atoms with Crippen LogP contribution in [-0.4, -0.2) is 30.4 Å². The molecule has 1 heterocycles. The minimum absolute atomic E-state index is 0.134. The third-order valence-electron chi connectivity index (χ3n) is 3.70. The number of nitrogens with one attached hydrogen (secondary N) is 2. The first-order valence-corrected chi connectivity index (χ1v) is 7.92. The van der Waals surface area contributed by atoms with E-state index in [0.717, 1.165) is 30.3 Å². The Morgan fingerprint density at radius 2 is 2.05 bits per heavy atom. The maximum atomic E-state index is 12.3. The van der Waals surface area contributed by atoms with E-state index in [2.05, 4.69) is 45.8 Å². The second-order valence-corrected chi connectivity index (χ2v) is 6.21. The standard InChI is InChI=1S/C15H22BrN3O/c1-3-4-9-19(2)15(20)14-10-13(17-18-14)11-5-7-12(16)8-6-11/h5-8,13-14,17-18H,3-4,9-10H2,1-2H3. The molecule has 0 spiro atoms. The minimum Gasteiger partial charge on any atom is -0.344 e. The van der Waals surface area contributed by atoms with Crippen molar-refractivity contribution in [3.63, 3.8) is 0 Å². The van der Waals surface area contributed by atoms with Gasteiger partial charge >= 0.3 is 0 Å². The summed E-state index contributed by atoms with van der Waals surface area (Å²) in [6, 6.07) is 8.27. The zero-order valence-electron chi connectivity index (χ0n) is 12.0. The quantitative estimate of drug-likeness (QED) is 0.866. The second-order valence-electron chi connectivity index (χ2n) is 5.29. The predicted octanol–water partition coefficient (Wildman–Crippen LogP) is 2.62. The summed E-state index contributed by atoms with van der Waals surface area (Å²) in [5.41, 5.74) is 7.55. The van der Waals surface area contributed by atoms with Gasteiger partial charge in [0.15, 0.2) is 0 Å². The number of hydrogen-bond donors (Lipinski definition) is 2. The van der Waals surface area contributed by atoms with Gasteiger partial charge in [-0.2, -0.15) is 0 Å². The molecule has 0 aliphatic carbocycles. The van der Waals surface area contributed by atoms with Crippen LogP contribution in [0.2, 0.25) is 0 Å². The molecule has 5 heteroatoms. The van der Waals surface area contributed by atoms with Crippen LogP contribution >= 0.6 is 15.9 Å². The van der Waals surface area contributed by atoms with Crippen LogP contribution in [0.25, 0.3) is 0 Å². The summed E-state index contributed by atoms with van der Waals surface area (Å²) in [6.45, 7) is 2.97. The number of hydrazine groups is 1. The molecule has 2 atom stereocenters. The molecule has 1 saturated heterocycles. The Hall–Kier alpha value is -0.910. The second kappa shape index (κ2) is 7.20. The molecule has 1 aromatic carbocycles. The van der Waals surface area contributed by atoms with Gasteiger partial charge < -0.3 is 4.90 Å². The van der Waals surface area contributed by atoms with Gasteiger partial charge in [0.2, 0.25) is 5.91 Å². The lowest BCUT2D eigenvalue weighted by molar-refractivity contribution is -0.131. The lowest BCUT2D eigenvalue weighted by Gasteiger charge is -2.20. The van der Waals surface area contributed by atoms with Gasteiger partial charge in [0.1, 0.15) is 6.04 Å². The highest BCUT2D eigenvalue weighted by Gasteiger charge is 2.31.